The summed E-state index contributed by atoms with van der Waals surface area (Å²) in [5.74, 6) is 1.99. The molecule has 2 amide bonds. The summed E-state index contributed by atoms with van der Waals surface area (Å²) in [6.45, 7) is 8.37. The maximum absolute atomic E-state index is 12.5. The quantitative estimate of drug-likeness (QED) is 0.189. The molecule has 2 saturated heterocycles. The van der Waals surface area contributed by atoms with Crippen LogP contribution in [-0.2, 0) is 29.2 Å². The van der Waals surface area contributed by atoms with E-state index in [0.717, 1.165) is 64.2 Å². The van der Waals surface area contributed by atoms with Gasteiger partial charge < -0.3 is 34.5 Å². The highest BCUT2D eigenvalue weighted by Crippen LogP contribution is 2.29. The number of aldehydes is 1. The summed E-state index contributed by atoms with van der Waals surface area (Å²) in [7, 11) is 3.11. The molecule has 0 aliphatic carbocycles. The number of rotatable bonds is 14. The van der Waals surface area contributed by atoms with Gasteiger partial charge in [0.05, 0.1) is 14.2 Å². The molecule has 0 atom stereocenters. The molecule has 4 aromatic rings. The van der Waals surface area contributed by atoms with Crippen molar-refractivity contribution in [3.05, 3.63) is 119 Å². The lowest BCUT2D eigenvalue weighted by atomic mass is 10.2. The van der Waals surface area contributed by atoms with E-state index in [1.807, 2.05) is 52.3 Å². The van der Waals surface area contributed by atoms with Gasteiger partial charge in [0.1, 0.15) is 6.29 Å². The summed E-state index contributed by atoms with van der Waals surface area (Å²) in [4.78, 5) is 44.3. The van der Waals surface area contributed by atoms with Gasteiger partial charge in [0.25, 0.3) is 11.8 Å². The minimum atomic E-state index is -0.0721. The van der Waals surface area contributed by atoms with Crippen molar-refractivity contribution in [1.82, 2.24) is 19.6 Å². The Kier molecular flexibility index (Phi) is 15.3. The zero-order valence-electron chi connectivity index (χ0n) is 31.2. The van der Waals surface area contributed by atoms with Crippen molar-refractivity contribution < 1.29 is 33.3 Å². The van der Waals surface area contributed by atoms with Gasteiger partial charge in [0.2, 0.25) is 0 Å². The molecule has 0 aromatic heterocycles. The van der Waals surface area contributed by atoms with E-state index in [4.69, 9.17) is 24.7 Å². The number of nitrogens with zero attached hydrogens (tertiary/aromatic N) is 4. The van der Waals surface area contributed by atoms with E-state index in [1.54, 1.807) is 25.3 Å². The topological polar surface area (TPSA) is 127 Å². The van der Waals surface area contributed by atoms with Crippen LogP contribution in [-0.4, -0.2) is 117 Å². The maximum atomic E-state index is 12.5. The molecule has 0 saturated carbocycles. The van der Waals surface area contributed by atoms with Gasteiger partial charge in [-0.15, -0.1) is 0 Å². The summed E-state index contributed by atoms with van der Waals surface area (Å²) in [5.41, 5.74) is 9.67. The zero-order valence-corrected chi connectivity index (χ0v) is 31.2. The van der Waals surface area contributed by atoms with Crippen LogP contribution < -0.4 is 24.7 Å². The van der Waals surface area contributed by atoms with Crippen molar-refractivity contribution >= 4 is 18.1 Å². The van der Waals surface area contributed by atoms with Gasteiger partial charge in [-0.1, -0.05) is 66.7 Å². The van der Waals surface area contributed by atoms with Gasteiger partial charge in [-0.25, -0.2) is 0 Å². The smallest absolute Gasteiger partial charge is 0.260 e. The number of benzene rings is 4. The van der Waals surface area contributed by atoms with Crippen LogP contribution >= 0.6 is 0 Å². The fourth-order valence-corrected chi connectivity index (χ4v) is 6.30. The first-order valence-corrected chi connectivity index (χ1v) is 18.2. The highest BCUT2D eigenvalue weighted by Gasteiger charge is 2.23. The Morgan fingerprint density at radius 2 is 1.02 bits per heavy atom. The van der Waals surface area contributed by atoms with Gasteiger partial charge in [-0.3, -0.25) is 24.2 Å². The zero-order chi connectivity index (χ0) is 38.1. The fourth-order valence-electron chi connectivity index (χ4n) is 6.30. The molecular formula is C42H51N5O7. The lowest BCUT2D eigenvalue weighted by molar-refractivity contribution is -0.135. The third-order valence-electron chi connectivity index (χ3n) is 9.44. The van der Waals surface area contributed by atoms with Crippen LogP contribution in [0.15, 0.2) is 97.1 Å². The average Bonchev–Trinajstić information content (AvgIpc) is 3.23. The van der Waals surface area contributed by atoms with Crippen molar-refractivity contribution in [2.45, 2.75) is 19.6 Å². The Balaban J connectivity index is 0.000000208. The van der Waals surface area contributed by atoms with Crippen molar-refractivity contribution in [3.8, 4) is 23.0 Å². The molecule has 12 heteroatoms. The van der Waals surface area contributed by atoms with E-state index in [-0.39, 0.29) is 25.0 Å². The molecule has 0 spiro atoms. The average molecular weight is 738 g/mol. The number of methoxy groups -OCH3 is 2. The normalized spacial score (nSPS) is 14.7. The largest absolute Gasteiger partial charge is 0.493 e. The molecule has 286 valence electrons. The Hall–Kier alpha value is -5.43. The van der Waals surface area contributed by atoms with Crippen LogP contribution in [0.5, 0.6) is 23.0 Å². The number of hydrogen-bond acceptors (Lipinski definition) is 10. The van der Waals surface area contributed by atoms with Gasteiger partial charge in [-0.05, 0) is 47.0 Å². The number of ether oxygens (including phenoxy) is 4. The second-order valence-corrected chi connectivity index (χ2v) is 13.1. The molecule has 2 aliphatic heterocycles. The van der Waals surface area contributed by atoms with Crippen molar-refractivity contribution in [1.29, 1.82) is 0 Å². The first-order valence-electron chi connectivity index (χ1n) is 18.2. The van der Waals surface area contributed by atoms with E-state index in [9.17, 15) is 14.4 Å². The third kappa shape index (κ3) is 11.8. The minimum absolute atomic E-state index is 0.00305. The predicted molar refractivity (Wildman–Crippen MR) is 207 cm³/mol. The van der Waals surface area contributed by atoms with Gasteiger partial charge in [0.15, 0.2) is 36.2 Å². The lowest BCUT2D eigenvalue weighted by Crippen LogP contribution is -2.49. The van der Waals surface area contributed by atoms with Crippen LogP contribution in [0, 0.1) is 0 Å². The molecule has 0 bridgehead atoms. The third-order valence-corrected chi connectivity index (χ3v) is 9.44. The number of carbonyl (C=O) groups is 3. The van der Waals surface area contributed by atoms with E-state index in [2.05, 4.69) is 46.2 Å². The molecule has 0 unspecified atom stereocenters. The number of amides is 2. The first-order chi connectivity index (χ1) is 26.4. The number of carbonyl (C=O) groups excluding carboxylic acids is 3. The summed E-state index contributed by atoms with van der Waals surface area (Å²) in [6, 6.07) is 31.1. The van der Waals surface area contributed by atoms with Crippen LogP contribution in [0.1, 0.15) is 27.0 Å². The van der Waals surface area contributed by atoms with Crippen LogP contribution in [0.3, 0.4) is 0 Å². The Labute approximate surface area is 317 Å². The molecule has 2 heterocycles. The molecule has 0 radical (unpaired) electrons. The Morgan fingerprint density at radius 1 is 0.574 bits per heavy atom. The number of nitrogens with two attached hydrogens (primary N) is 1. The predicted octanol–water partition coefficient (Wildman–Crippen LogP) is 4.11. The molecule has 6 rings (SSSR count). The van der Waals surface area contributed by atoms with E-state index in [1.165, 1.54) is 18.2 Å². The van der Waals surface area contributed by atoms with Crippen LogP contribution in [0.25, 0.3) is 0 Å². The van der Waals surface area contributed by atoms with Crippen LogP contribution in [0.4, 0.5) is 0 Å². The summed E-state index contributed by atoms with van der Waals surface area (Å²) >= 11 is 0. The van der Waals surface area contributed by atoms with Gasteiger partial charge in [-0.2, -0.15) is 0 Å². The van der Waals surface area contributed by atoms with E-state index >= 15 is 0 Å². The summed E-state index contributed by atoms with van der Waals surface area (Å²) in [6.07, 6.45) is 0.736. The summed E-state index contributed by atoms with van der Waals surface area (Å²) in [5, 5.41) is 0. The second-order valence-electron chi connectivity index (χ2n) is 13.1. The molecule has 4 aromatic carbocycles. The van der Waals surface area contributed by atoms with Crippen molar-refractivity contribution in [3.63, 3.8) is 0 Å². The highest BCUT2D eigenvalue weighted by atomic mass is 16.5. The van der Waals surface area contributed by atoms with E-state index in [0.29, 0.717) is 48.2 Å². The molecule has 2 aliphatic rings. The standard InChI is InChI=1S/C21H27N3O3.C21H24N2O4/c1-26-19-8-7-18(14-22)13-20(19)27-16-21(25)24-11-9-23(10-12-24)15-17-5-3-2-4-6-17;1-26-19-8-7-18(15-24)13-20(19)27-16-21(25)23-11-9-22(10-12-23)14-17-5-3-2-4-6-17/h2-8,13H,9-12,14-16,22H2,1H3;2-8,13,15H,9-12,14,16H2,1H3. The van der Waals surface area contributed by atoms with Gasteiger partial charge in [0, 0.05) is 77.6 Å². The fraction of sp³-hybridized carbons (Fsp3) is 0.357. The SMILES string of the molecule is COc1ccc(C=O)cc1OCC(=O)N1CCN(Cc2ccccc2)CC1.COc1ccc(CN)cc1OCC(=O)N1CCN(Cc2ccccc2)CC1. The Bertz CT molecular complexity index is 1780. The maximum Gasteiger partial charge on any atom is 0.260 e. The van der Waals surface area contributed by atoms with Crippen molar-refractivity contribution in [2.75, 3.05) is 79.8 Å². The lowest BCUT2D eigenvalue weighted by Gasteiger charge is -2.34. The minimum Gasteiger partial charge on any atom is -0.493 e. The highest BCUT2D eigenvalue weighted by molar-refractivity contribution is 5.79. The Morgan fingerprint density at radius 3 is 1.44 bits per heavy atom. The first kappa shape index (κ1) is 39.8. The molecule has 54 heavy (non-hydrogen) atoms. The molecular weight excluding hydrogens is 686 g/mol. The molecule has 12 nitrogen and oxygen atoms in total. The molecule has 2 N–H and O–H groups in total. The van der Waals surface area contributed by atoms with E-state index < -0.39 is 0 Å². The van der Waals surface area contributed by atoms with Crippen molar-refractivity contribution in [2.24, 2.45) is 5.73 Å². The monoisotopic (exact) mass is 737 g/mol. The number of piperazine rings is 2. The summed E-state index contributed by atoms with van der Waals surface area (Å²) < 4.78 is 21.9. The second kappa shape index (κ2) is 20.7. The molecule has 2 fully saturated rings. The number of hydrogen-bond donors (Lipinski definition) is 1. The van der Waals surface area contributed by atoms with Gasteiger partial charge >= 0.3 is 0 Å². The van der Waals surface area contributed by atoms with Crippen LogP contribution in [0.2, 0.25) is 0 Å².